The van der Waals surface area contributed by atoms with Gasteiger partial charge in [0.05, 0.1) is 29.4 Å². The molecule has 4 fully saturated rings. The number of pyridine rings is 2. The van der Waals surface area contributed by atoms with Gasteiger partial charge in [-0.05, 0) is 131 Å². The Morgan fingerprint density at radius 3 is 2.12 bits per heavy atom. The third-order valence-corrected chi connectivity index (χ3v) is 15.2. The lowest BCUT2D eigenvalue weighted by molar-refractivity contribution is -0.131. The number of benzene rings is 3. The highest BCUT2D eigenvalue weighted by Crippen LogP contribution is 2.48. The first-order valence-electron chi connectivity index (χ1n) is 24.8. The Balaban J connectivity index is 0.701. The van der Waals surface area contributed by atoms with Crippen molar-refractivity contribution < 1.29 is 37.8 Å². The third kappa shape index (κ3) is 9.55. The first kappa shape index (κ1) is 48.2. The van der Waals surface area contributed by atoms with E-state index in [0.717, 1.165) is 79.3 Å². The smallest absolute Gasteiger partial charge is 0.266 e. The van der Waals surface area contributed by atoms with E-state index in [-0.39, 0.29) is 17.2 Å². The number of anilines is 4. The maximum Gasteiger partial charge on any atom is 0.266 e. The summed E-state index contributed by atoms with van der Waals surface area (Å²) in [6.45, 7) is 14.3. The lowest BCUT2D eigenvalue weighted by atomic mass is 9.88. The van der Waals surface area contributed by atoms with Gasteiger partial charge in [0.1, 0.15) is 40.3 Å². The number of carbonyl (C=O) groups excluding carboxylic acids is 5. The van der Waals surface area contributed by atoms with Crippen molar-refractivity contribution in [3.63, 3.8) is 0 Å². The monoisotopic (exact) mass is 978 g/mol. The van der Waals surface area contributed by atoms with Gasteiger partial charge in [0.2, 0.25) is 17.7 Å². The molecule has 0 radical (unpaired) electrons. The molecule has 17 nitrogen and oxygen atoms in total. The van der Waals surface area contributed by atoms with E-state index in [1.807, 2.05) is 12.1 Å². The highest BCUT2D eigenvalue weighted by molar-refractivity contribution is 6.25. The molecule has 6 heterocycles. The van der Waals surface area contributed by atoms with Gasteiger partial charge in [-0.1, -0.05) is 6.58 Å². The van der Waals surface area contributed by atoms with Crippen molar-refractivity contribution >= 4 is 63.3 Å². The van der Waals surface area contributed by atoms with Crippen LogP contribution in [0.15, 0.2) is 97.5 Å². The van der Waals surface area contributed by atoms with Gasteiger partial charge in [-0.25, -0.2) is 9.37 Å². The number of fused-ring (bicyclic) bond motifs is 2. The van der Waals surface area contributed by atoms with Crippen molar-refractivity contribution in [1.82, 2.24) is 30.0 Å². The predicted molar refractivity (Wildman–Crippen MR) is 271 cm³/mol. The van der Waals surface area contributed by atoms with E-state index < -0.39 is 46.8 Å². The zero-order chi connectivity index (χ0) is 50.3. The Morgan fingerprint density at radius 2 is 1.47 bits per heavy atom. The van der Waals surface area contributed by atoms with Crippen molar-refractivity contribution in [2.24, 2.45) is 11.3 Å². The summed E-state index contributed by atoms with van der Waals surface area (Å²) < 4.78 is 25.7. The molecule has 5 aliphatic rings. The van der Waals surface area contributed by atoms with Crippen LogP contribution in [0, 0.1) is 17.2 Å². The number of ether oxygens (including phenoxy) is 2. The molecule has 5 aromatic rings. The van der Waals surface area contributed by atoms with E-state index in [0.29, 0.717) is 78.6 Å². The minimum absolute atomic E-state index is 0.143. The molecule has 374 valence electrons. The number of allylic oxidation sites excluding steroid dienone is 1. The lowest BCUT2D eigenvalue weighted by Gasteiger charge is -2.45. The van der Waals surface area contributed by atoms with Gasteiger partial charge in [0, 0.05) is 92.7 Å². The third-order valence-electron chi connectivity index (χ3n) is 15.2. The molecule has 4 aliphatic heterocycles. The quantitative estimate of drug-likeness (QED) is 0.0618. The van der Waals surface area contributed by atoms with Crippen LogP contribution in [0.25, 0.3) is 10.9 Å². The molecule has 18 heteroatoms. The molecule has 3 atom stereocenters. The maximum atomic E-state index is 13.6. The van der Waals surface area contributed by atoms with Crippen LogP contribution in [0.4, 0.5) is 27.3 Å². The van der Waals surface area contributed by atoms with E-state index in [1.165, 1.54) is 30.5 Å². The van der Waals surface area contributed by atoms with E-state index in [2.05, 4.69) is 67.4 Å². The summed E-state index contributed by atoms with van der Waals surface area (Å²) in [5.74, 6) is 0.183. The number of amides is 5. The van der Waals surface area contributed by atoms with Gasteiger partial charge in [0.15, 0.2) is 0 Å². The van der Waals surface area contributed by atoms with Crippen LogP contribution in [-0.2, 0) is 14.4 Å². The molecule has 0 spiro atoms. The SMILES string of the molecule is C=C1CCC(N2C(=O)c3ccnc(NC[C@H](C)N4CCN([C@@H](C)C5CCN(c6cc7nccc(Oc8ccc(NC(=O)C9(C(=O)Nc%10ccc(F)cc%10)CC9)cc8)c7cc6OC)CC5)CC4)c3C2=O)C(=O)N1. The Bertz CT molecular complexity index is 2930. The normalized spacial score (nSPS) is 20.1. The highest BCUT2D eigenvalue weighted by atomic mass is 19.1. The lowest BCUT2D eigenvalue weighted by Crippen LogP contribution is -2.55. The Morgan fingerprint density at radius 1 is 0.819 bits per heavy atom. The van der Waals surface area contributed by atoms with E-state index >= 15 is 0 Å². The fourth-order valence-corrected chi connectivity index (χ4v) is 10.6. The second kappa shape index (κ2) is 20.0. The topological polar surface area (TPSA) is 191 Å². The van der Waals surface area contributed by atoms with Gasteiger partial charge in [-0.3, -0.25) is 43.7 Å². The molecule has 2 aromatic heterocycles. The minimum Gasteiger partial charge on any atom is -0.495 e. The number of piperidine rings is 2. The molecule has 5 amide bonds. The van der Waals surface area contributed by atoms with Gasteiger partial charge in [0.25, 0.3) is 11.8 Å². The second-order valence-corrected chi connectivity index (χ2v) is 19.6. The number of hydrogen-bond acceptors (Lipinski definition) is 13. The zero-order valence-corrected chi connectivity index (χ0v) is 40.7. The number of methoxy groups -OCH3 is 1. The van der Waals surface area contributed by atoms with Crippen LogP contribution < -0.4 is 35.6 Å². The largest absolute Gasteiger partial charge is 0.495 e. The van der Waals surface area contributed by atoms with Crippen LogP contribution in [-0.4, -0.2) is 125 Å². The number of nitrogens with zero attached hydrogens (tertiary/aromatic N) is 6. The predicted octanol–water partition coefficient (Wildman–Crippen LogP) is 7.04. The number of piperazine rings is 1. The van der Waals surface area contributed by atoms with Gasteiger partial charge < -0.3 is 35.6 Å². The number of nitrogens with one attached hydrogen (secondary N) is 4. The average molecular weight is 979 g/mol. The molecule has 3 saturated heterocycles. The highest BCUT2D eigenvalue weighted by Gasteiger charge is 2.56. The Hall–Kier alpha value is -7.44. The molecule has 10 rings (SSSR count). The average Bonchev–Trinajstić information content (AvgIpc) is 4.18. The fraction of sp³-hybridized carbons (Fsp3) is 0.389. The second-order valence-electron chi connectivity index (χ2n) is 19.6. The number of carbonyl (C=O) groups is 5. The van der Waals surface area contributed by atoms with Crippen molar-refractivity contribution in [3.05, 3.63) is 114 Å². The number of halogens is 1. The number of rotatable bonds is 15. The molecule has 0 bridgehead atoms. The van der Waals surface area contributed by atoms with E-state index in [1.54, 1.807) is 43.6 Å². The van der Waals surface area contributed by atoms with Crippen molar-refractivity contribution in [3.8, 4) is 17.2 Å². The van der Waals surface area contributed by atoms with Crippen LogP contribution in [0.5, 0.6) is 17.2 Å². The Labute approximate surface area is 417 Å². The zero-order valence-electron chi connectivity index (χ0n) is 40.7. The molecule has 1 saturated carbocycles. The van der Waals surface area contributed by atoms with Crippen LogP contribution in [0.1, 0.15) is 73.1 Å². The van der Waals surface area contributed by atoms with Gasteiger partial charge in [-0.2, -0.15) is 0 Å². The number of imide groups is 1. The van der Waals surface area contributed by atoms with E-state index in [4.69, 9.17) is 14.5 Å². The first-order chi connectivity index (χ1) is 34.8. The molecule has 72 heavy (non-hydrogen) atoms. The Kier molecular flexibility index (Phi) is 13.4. The molecule has 1 aliphatic carbocycles. The summed E-state index contributed by atoms with van der Waals surface area (Å²) in [4.78, 5) is 83.7. The fourth-order valence-electron chi connectivity index (χ4n) is 10.6. The van der Waals surface area contributed by atoms with Crippen molar-refractivity contribution in [2.45, 2.75) is 70.5 Å². The molecular weight excluding hydrogens is 920 g/mol. The summed E-state index contributed by atoms with van der Waals surface area (Å²) >= 11 is 0. The van der Waals surface area contributed by atoms with Crippen molar-refractivity contribution in [2.75, 3.05) is 73.8 Å². The van der Waals surface area contributed by atoms with E-state index in [9.17, 15) is 28.4 Å². The van der Waals surface area contributed by atoms with Gasteiger partial charge >= 0.3 is 0 Å². The number of aromatic nitrogens is 2. The van der Waals surface area contributed by atoms with Crippen LogP contribution >= 0.6 is 0 Å². The number of hydrogen-bond donors (Lipinski definition) is 4. The summed E-state index contributed by atoms with van der Waals surface area (Å²) in [7, 11) is 1.68. The van der Waals surface area contributed by atoms with Crippen molar-refractivity contribution in [1.29, 1.82) is 0 Å². The van der Waals surface area contributed by atoms with Crippen LogP contribution in [0.3, 0.4) is 0 Å². The molecule has 4 N–H and O–H groups in total. The molecule has 1 unspecified atom stereocenters. The molecular formula is C54H59FN10O7. The molecule has 3 aromatic carbocycles. The summed E-state index contributed by atoms with van der Waals surface area (Å²) in [5.41, 5.74) is 2.60. The summed E-state index contributed by atoms with van der Waals surface area (Å²) in [6, 6.07) is 19.5. The standard InChI is InChI=1S/C54H59FN10O7/c1-32-5-14-43(49(66)59-32)65-50(67)40-15-21-57-48(47(40)51(65)68)58-31-33(2)62-25-27-63(28-26-62)34(3)35-17-23-64(24-18-35)44-30-42-41(29-46(44)71-4)45(16-22-56-42)72-39-12-10-38(11-13-39)61-53(70)54(19-20-54)52(69)60-37-8-6-36(55)7-9-37/h6-13,15-16,21-22,29-30,33-35,43H,1,5,14,17-20,23-28,31H2,2-4H3,(H,57,58)(H,59,66)(H,60,69)(H,61,70)/t33-,34-,43?/m0/s1. The minimum atomic E-state index is -1.18. The summed E-state index contributed by atoms with van der Waals surface area (Å²) in [5, 5.41) is 12.4. The van der Waals surface area contributed by atoms with Gasteiger partial charge in [-0.15, -0.1) is 0 Å². The van der Waals surface area contributed by atoms with Crippen LogP contribution in [0.2, 0.25) is 0 Å². The summed E-state index contributed by atoms with van der Waals surface area (Å²) in [6.07, 6.45) is 7.01. The first-order valence-corrected chi connectivity index (χ1v) is 24.8. The maximum absolute atomic E-state index is 13.6.